The minimum atomic E-state index is -0.997. The first-order chi connectivity index (χ1) is 15.5. The summed E-state index contributed by atoms with van der Waals surface area (Å²) >= 11 is 0. The zero-order chi connectivity index (χ0) is 22.7. The Balaban J connectivity index is 1.92. The van der Waals surface area contributed by atoms with Crippen LogP contribution in [-0.4, -0.2) is 36.9 Å². The Kier molecular flexibility index (Phi) is 5.98. The van der Waals surface area contributed by atoms with Crippen molar-refractivity contribution in [1.82, 2.24) is 25.2 Å². The van der Waals surface area contributed by atoms with Crippen LogP contribution in [0.2, 0.25) is 0 Å². The number of hydrogen-bond acceptors (Lipinski definition) is 6. The number of tetrazole rings is 1. The molecule has 0 saturated heterocycles. The van der Waals surface area contributed by atoms with Crippen molar-refractivity contribution in [2.24, 2.45) is 11.7 Å². The Labute approximate surface area is 184 Å². The smallest absolute Gasteiger partial charge is 0.289 e. The number of nitrogens with one attached hydrogen (secondary N) is 1. The number of H-pyrrole nitrogens is 1. The first-order valence-corrected chi connectivity index (χ1v) is 10.3. The number of nitrogens with zero attached hydrogens (tertiary/aromatic N) is 4. The third-order valence-electron chi connectivity index (χ3n) is 5.15. The summed E-state index contributed by atoms with van der Waals surface area (Å²) in [6.07, 6.45) is 0.599. The van der Waals surface area contributed by atoms with E-state index in [0.29, 0.717) is 35.5 Å². The molecule has 0 fully saturated rings. The molecule has 9 heteroatoms. The summed E-state index contributed by atoms with van der Waals surface area (Å²) in [7, 11) is 0. The number of benzene rings is 2. The van der Waals surface area contributed by atoms with E-state index in [0.717, 1.165) is 16.8 Å². The molecule has 164 valence electrons. The van der Waals surface area contributed by atoms with E-state index in [2.05, 4.69) is 39.0 Å². The zero-order valence-corrected chi connectivity index (χ0v) is 17.9. The minimum absolute atomic E-state index is 0.0830. The standard InChI is InChI=1S/C23H24N6O3/c1-14(2)11-17-21(22(30)23(24)31)20-16(29(17)12-15-7-4-3-5-8-15)9-6-10-18(20)32-13-19-25-27-28-26-19/h3-10,14H,11-13H2,1-2H3,(H2,24,31)(H,25,26,27,28). The van der Waals surface area contributed by atoms with Crippen LogP contribution in [-0.2, 0) is 24.4 Å². The number of aromatic nitrogens is 5. The van der Waals surface area contributed by atoms with Gasteiger partial charge in [-0.25, -0.2) is 5.10 Å². The van der Waals surface area contributed by atoms with Crippen LogP contribution in [0.5, 0.6) is 5.75 Å². The van der Waals surface area contributed by atoms with Gasteiger partial charge >= 0.3 is 0 Å². The highest BCUT2D eigenvalue weighted by atomic mass is 16.5. The Morgan fingerprint density at radius 3 is 2.56 bits per heavy atom. The predicted octanol–water partition coefficient (Wildman–Crippen LogP) is 2.65. The highest BCUT2D eigenvalue weighted by Crippen LogP contribution is 2.36. The van der Waals surface area contributed by atoms with E-state index in [9.17, 15) is 9.59 Å². The van der Waals surface area contributed by atoms with E-state index in [-0.39, 0.29) is 12.5 Å². The van der Waals surface area contributed by atoms with E-state index >= 15 is 0 Å². The van der Waals surface area contributed by atoms with E-state index in [1.54, 1.807) is 6.07 Å². The number of aromatic amines is 1. The molecule has 4 aromatic rings. The molecule has 0 aliphatic heterocycles. The highest BCUT2D eigenvalue weighted by molar-refractivity contribution is 6.45. The molecule has 0 aliphatic carbocycles. The Bertz CT molecular complexity index is 1250. The summed E-state index contributed by atoms with van der Waals surface area (Å²) in [6, 6.07) is 15.5. The molecule has 0 radical (unpaired) electrons. The van der Waals surface area contributed by atoms with E-state index in [1.165, 1.54) is 0 Å². The third-order valence-corrected chi connectivity index (χ3v) is 5.15. The van der Waals surface area contributed by atoms with Crippen molar-refractivity contribution in [3.05, 3.63) is 71.2 Å². The summed E-state index contributed by atoms with van der Waals surface area (Å²) in [6.45, 7) is 4.76. The lowest BCUT2D eigenvalue weighted by atomic mass is 9.99. The molecule has 0 aliphatic rings. The number of ketones is 1. The van der Waals surface area contributed by atoms with Crippen LogP contribution in [0, 0.1) is 5.92 Å². The molecule has 2 heterocycles. The Hall–Kier alpha value is -4.01. The molecule has 0 bridgehead atoms. The number of carbonyl (C=O) groups excluding carboxylic acids is 2. The van der Waals surface area contributed by atoms with Gasteiger partial charge in [0, 0.05) is 12.2 Å². The third kappa shape index (κ3) is 4.22. The summed E-state index contributed by atoms with van der Waals surface area (Å²) < 4.78 is 8.04. The van der Waals surface area contributed by atoms with Gasteiger partial charge in [0.05, 0.1) is 16.5 Å². The molecule has 9 nitrogen and oxygen atoms in total. The Morgan fingerprint density at radius 2 is 1.91 bits per heavy atom. The second-order valence-corrected chi connectivity index (χ2v) is 7.97. The van der Waals surface area contributed by atoms with Gasteiger partial charge in [-0.2, -0.15) is 0 Å². The molecule has 0 saturated carbocycles. The maximum atomic E-state index is 13.0. The average Bonchev–Trinajstić information content (AvgIpc) is 3.39. The van der Waals surface area contributed by atoms with Crippen LogP contribution in [0.4, 0.5) is 0 Å². The summed E-state index contributed by atoms with van der Waals surface area (Å²) in [4.78, 5) is 25.0. The number of Topliss-reactive ketones (excluding diaryl/α,β-unsaturated/α-hetero) is 1. The van der Waals surface area contributed by atoms with Crippen LogP contribution < -0.4 is 10.5 Å². The van der Waals surface area contributed by atoms with E-state index in [4.69, 9.17) is 10.5 Å². The van der Waals surface area contributed by atoms with Crippen LogP contribution in [0.1, 0.15) is 41.3 Å². The van der Waals surface area contributed by atoms with Crippen molar-refractivity contribution < 1.29 is 14.3 Å². The number of fused-ring (bicyclic) bond motifs is 1. The molecule has 0 spiro atoms. The fourth-order valence-corrected chi connectivity index (χ4v) is 3.84. The number of ether oxygens (including phenoxy) is 1. The van der Waals surface area contributed by atoms with Gasteiger partial charge in [-0.1, -0.05) is 50.2 Å². The molecule has 0 unspecified atom stereocenters. The first-order valence-electron chi connectivity index (χ1n) is 10.3. The minimum Gasteiger partial charge on any atom is -0.485 e. The van der Waals surface area contributed by atoms with Gasteiger partial charge in [-0.3, -0.25) is 9.59 Å². The first kappa shape index (κ1) is 21.2. The molecule has 2 aromatic heterocycles. The lowest BCUT2D eigenvalue weighted by Crippen LogP contribution is -2.24. The van der Waals surface area contributed by atoms with Crippen LogP contribution in [0.25, 0.3) is 10.9 Å². The summed E-state index contributed by atoms with van der Waals surface area (Å²) in [5.74, 6) is -0.577. The maximum absolute atomic E-state index is 13.0. The molecule has 4 rings (SSSR count). The fourth-order valence-electron chi connectivity index (χ4n) is 3.84. The van der Waals surface area contributed by atoms with Crippen LogP contribution in [0.15, 0.2) is 48.5 Å². The topological polar surface area (TPSA) is 129 Å². The molecular weight excluding hydrogens is 408 g/mol. The number of carbonyl (C=O) groups is 2. The molecular formula is C23H24N6O3. The van der Waals surface area contributed by atoms with Gasteiger partial charge < -0.3 is 15.0 Å². The number of primary amides is 1. The monoisotopic (exact) mass is 432 g/mol. The van der Waals surface area contributed by atoms with Crippen molar-refractivity contribution in [1.29, 1.82) is 0 Å². The molecule has 32 heavy (non-hydrogen) atoms. The second kappa shape index (κ2) is 9.01. The Morgan fingerprint density at radius 1 is 1.12 bits per heavy atom. The normalized spacial score (nSPS) is 11.2. The maximum Gasteiger partial charge on any atom is 0.289 e. The average molecular weight is 432 g/mol. The number of amides is 1. The SMILES string of the molecule is CC(C)Cc1c(C(=O)C(N)=O)c2c(OCc3nnn[nH]3)cccc2n1Cc1ccccc1. The largest absolute Gasteiger partial charge is 0.485 e. The quantitative estimate of drug-likeness (QED) is 0.309. The van der Waals surface area contributed by atoms with Gasteiger partial charge in [0.25, 0.3) is 11.7 Å². The van der Waals surface area contributed by atoms with E-state index in [1.807, 2.05) is 42.5 Å². The van der Waals surface area contributed by atoms with Crippen molar-refractivity contribution >= 4 is 22.6 Å². The molecule has 0 atom stereocenters. The lowest BCUT2D eigenvalue weighted by molar-refractivity contribution is -0.114. The molecule has 2 aromatic carbocycles. The summed E-state index contributed by atoms with van der Waals surface area (Å²) in [5, 5.41) is 14.1. The summed E-state index contributed by atoms with van der Waals surface area (Å²) in [5.41, 5.74) is 8.38. The van der Waals surface area contributed by atoms with Gasteiger partial charge in [0.15, 0.2) is 5.82 Å². The van der Waals surface area contributed by atoms with Crippen LogP contribution in [0.3, 0.4) is 0 Å². The van der Waals surface area contributed by atoms with E-state index < -0.39 is 11.7 Å². The second-order valence-electron chi connectivity index (χ2n) is 7.97. The zero-order valence-electron chi connectivity index (χ0n) is 17.9. The van der Waals surface area contributed by atoms with Crippen LogP contribution >= 0.6 is 0 Å². The van der Waals surface area contributed by atoms with Gasteiger partial charge in [0.1, 0.15) is 12.4 Å². The molecule has 1 amide bonds. The number of rotatable bonds is 9. The van der Waals surface area contributed by atoms with Crippen molar-refractivity contribution in [3.63, 3.8) is 0 Å². The van der Waals surface area contributed by atoms with Crippen molar-refractivity contribution in [2.45, 2.75) is 33.4 Å². The molecule has 3 N–H and O–H groups in total. The number of hydrogen-bond donors (Lipinski definition) is 2. The van der Waals surface area contributed by atoms with Gasteiger partial charge in [-0.15, -0.1) is 5.10 Å². The van der Waals surface area contributed by atoms with Gasteiger partial charge in [-0.05, 0) is 40.5 Å². The predicted molar refractivity (Wildman–Crippen MR) is 118 cm³/mol. The van der Waals surface area contributed by atoms with Crippen molar-refractivity contribution in [3.8, 4) is 5.75 Å². The van der Waals surface area contributed by atoms with Gasteiger partial charge in [0.2, 0.25) is 0 Å². The van der Waals surface area contributed by atoms with Crippen molar-refractivity contribution in [2.75, 3.05) is 0 Å². The highest BCUT2D eigenvalue weighted by Gasteiger charge is 2.28. The number of nitrogens with two attached hydrogens (primary N) is 1. The fraction of sp³-hybridized carbons (Fsp3) is 0.261. The lowest BCUT2D eigenvalue weighted by Gasteiger charge is -2.14.